The molecule has 0 aliphatic rings. The van der Waals surface area contributed by atoms with Crippen molar-refractivity contribution in [3.05, 3.63) is 29.8 Å². The first-order valence-electron chi connectivity index (χ1n) is 4.58. The van der Waals surface area contributed by atoms with Gasteiger partial charge in [0, 0.05) is 24.4 Å². The van der Waals surface area contributed by atoms with Crippen LogP contribution in [0.25, 0.3) is 0 Å². The van der Waals surface area contributed by atoms with Crippen molar-refractivity contribution >= 4 is 27.1 Å². The van der Waals surface area contributed by atoms with Gasteiger partial charge in [-0.05, 0) is 11.6 Å². The molecule has 15 heavy (non-hydrogen) atoms. The van der Waals surface area contributed by atoms with E-state index in [0.717, 1.165) is 11.3 Å². The van der Waals surface area contributed by atoms with Gasteiger partial charge in [-0.15, -0.1) is 11.6 Å². The van der Waals surface area contributed by atoms with Crippen molar-refractivity contribution in [3.63, 3.8) is 0 Å². The Bertz CT molecular complexity index is 417. The molecule has 0 amide bonds. The molecule has 0 spiro atoms. The van der Waals surface area contributed by atoms with E-state index in [4.69, 9.17) is 11.6 Å². The maximum absolute atomic E-state index is 10.9. The van der Waals surface area contributed by atoms with Crippen LogP contribution in [0.2, 0.25) is 0 Å². The van der Waals surface area contributed by atoms with E-state index in [2.05, 4.69) is 5.32 Å². The van der Waals surface area contributed by atoms with E-state index in [-0.39, 0.29) is 5.75 Å². The Morgan fingerprint density at radius 1 is 1.33 bits per heavy atom. The van der Waals surface area contributed by atoms with Gasteiger partial charge in [0.2, 0.25) is 0 Å². The highest BCUT2D eigenvalue weighted by Gasteiger charge is 2.03. The lowest BCUT2D eigenvalue weighted by Crippen LogP contribution is -2.14. The zero-order valence-electron chi connectivity index (χ0n) is 8.53. The summed E-state index contributed by atoms with van der Waals surface area (Å²) in [6.07, 6.45) is 1.22. The van der Waals surface area contributed by atoms with E-state index in [1.807, 2.05) is 24.3 Å². The molecule has 1 rings (SSSR count). The van der Waals surface area contributed by atoms with Crippen LogP contribution in [-0.4, -0.2) is 27.0 Å². The largest absolute Gasteiger partial charge is 0.384 e. The molecule has 0 aliphatic heterocycles. The molecule has 0 unspecified atom stereocenters. The van der Waals surface area contributed by atoms with E-state index in [9.17, 15) is 8.42 Å². The van der Waals surface area contributed by atoms with Gasteiger partial charge in [0.1, 0.15) is 9.84 Å². The Labute approximate surface area is 95.4 Å². The summed E-state index contributed by atoms with van der Waals surface area (Å²) in [6, 6.07) is 7.59. The van der Waals surface area contributed by atoms with Gasteiger partial charge >= 0.3 is 0 Å². The second kappa shape index (κ2) is 5.37. The third-order valence-corrected chi connectivity index (χ3v) is 3.18. The molecule has 0 radical (unpaired) electrons. The molecular formula is C10H14ClNO2S. The predicted octanol–water partition coefficient (Wildman–Crippen LogP) is 1.88. The zero-order valence-corrected chi connectivity index (χ0v) is 10.1. The molecule has 0 atom stereocenters. The summed E-state index contributed by atoms with van der Waals surface area (Å²) in [4.78, 5) is 0. The van der Waals surface area contributed by atoms with Crippen LogP contribution in [0, 0.1) is 0 Å². The van der Waals surface area contributed by atoms with Gasteiger partial charge in [0.05, 0.1) is 5.75 Å². The molecule has 0 fully saturated rings. The van der Waals surface area contributed by atoms with Crippen LogP contribution < -0.4 is 5.32 Å². The summed E-state index contributed by atoms with van der Waals surface area (Å²) >= 11 is 5.74. The first-order valence-corrected chi connectivity index (χ1v) is 7.18. The first-order chi connectivity index (χ1) is 7.03. The maximum Gasteiger partial charge on any atom is 0.149 e. The number of hydrogen-bond acceptors (Lipinski definition) is 3. The summed E-state index contributed by atoms with van der Waals surface area (Å²) in [5.74, 6) is 0.547. The van der Waals surface area contributed by atoms with Gasteiger partial charge in [0.25, 0.3) is 0 Å². The van der Waals surface area contributed by atoms with Crippen LogP contribution >= 0.6 is 11.6 Å². The molecule has 1 aromatic rings. The Morgan fingerprint density at radius 3 is 2.60 bits per heavy atom. The van der Waals surface area contributed by atoms with Gasteiger partial charge in [0.15, 0.2) is 0 Å². The fraction of sp³-hybridized carbons (Fsp3) is 0.400. The van der Waals surface area contributed by atoms with Crippen LogP contribution in [0.15, 0.2) is 24.3 Å². The quantitative estimate of drug-likeness (QED) is 0.809. The van der Waals surface area contributed by atoms with Crippen LogP contribution in [-0.2, 0) is 15.7 Å². The number of anilines is 1. The van der Waals surface area contributed by atoms with E-state index in [0.29, 0.717) is 12.4 Å². The number of benzene rings is 1. The normalized spacial score (nSPS) is 11.3. The average molecular weight is 248 g/mol. The molecule has 0 saturated carbocycles. The molecule has 1 N–H and O–H groups in total. The molecule has 0 aliphatic carbocycles. The molecule has 5 heteroatoms. The molecule has 0 bridgehead atoms. The monoisotopic (exact) mass is 247 g/mol. The number of nitrogens with one attached hydrogen (secondary N) is 1. The fourth-order valence-corrected chi connectivity index (χ4v) is 1.89. The number of sulfone groups is 1. The Morgan fingerprint density at radius 2 is 2.00 bits per heavy atom. The summed E-state index contributed by atoms with van der Waals surface area (Å²) in [5.41, 5.74) is 1.88. The maximum atomic E-state index is 10.9. The third kappa shape index (κ3) is 4.53. The molecular weight excluding hydrogens is 234 g/mol. The summed E-state index contributed by atoms with van der Waals surface area (Å²) in [5, 5.41) is 3.06. The molecule has 1 aromatic carbocycles. The van der Waals surface area contributed by atoms with E-state index in [1.165, 1.54) is 6.26 Å². The minimum atomic E-state index is -2.91. The van der Waals surface area contributed by atoms with E-state index < -0.39 is 9.84 Å². The predicted molar refractivity (Wildman–Crippen MR) is 64.2 cm³/mol. The van der Waals surface area contributed by atoms with Crippen molar-refractivity contribution in [1.29, 1.82) is 0 Å². The second-order valence-corrected chi connectivity index (χ2v) is 5.87. The highest BCUT2D eigenvalue weighted by atomic mass is 35.5. The van der Waals surface area contributed by atoms with Gasteiger partial charge in [-0.3, -0.25) is 0 Å². The highest BCUT2D eigenvalue weighted by molar-refractivity contribution is 7.90. The van der Waals surface area contributed by atoms with E-state index >= 15 is 0 Å². The molecule has 0 heterocycles. The topological polar surface area (TPSA) is 46.2 Å². The second-order valence-electron chi connectivity index (χ2n) is 3.35. The number of rotatable bonds is 5. The lowest BCUT2D eigenvalue weighted by molar-refractivity contribution is 0.602. The average Bonchev–Trinajstić information content (AvgIpc) is 2.16. The van der Waals surface area contributed by atoms with Gasteiger partial charge in [-0.2, -0.15) is 0 Å². The summed E-state index contributed by atoms with van der Waals surface area (Å²) in [7, 11) is -2.91. The third-order valence-electron chi connectivity index (χ3n) is 1.95. The standard InChI is InChI=1S/C10H14ClNO2S/c1-15(13,14)7-6-12-10-5-3-2-4-9(10)8-11/h2-5,12H,6-8H2,1H3. The molecule has 3 nitrogen and oxygen atoms in total. The van der Waals surface area contributed by atoms with Crippen molar-refractivity contribution in [3.8, 4) is 0 Å². The minimum Gasteiger partial charge on any atom is -0.384 e. The van der Waals surface area contributed by atoms with Gasteiger partial charge in [-0.1, -0.05) is 18.2 Å². The Hall–Kier alpha value is -0.740. The SMILES string of the molecule is CS(=O)(=O)CCNc1ccccc1CCl. The fourth-order valence-electron chi connectivity index (χ4n) is 1.18. The van der Waals surface area contributed by atoms with Crippen molar-refractivity contribution in [2.24, 2.45) is 0 Å². The van der Waals surface area contributed by atoms with Gasteiger partial charge < -0.3 is 5.32 Å². The first kappa shape index (κ1) is 12.3. The van der Waals surface area contributed by atoms with Crippen LogP contribution in [0.4, 0.5) is 5.69 Å². The Balaban J connectivity index is 2.58. The number of alkyl halides is 1. The molecule has 84 valence electrons. The lowest BCUT2D eigenvalue weighted by atomic mass is 10.2. The van der Waals surface area contributed by atoms with Gasteiger partial charge in [-0.25, -0.2) is 8.42 Å². The summed E-state index contributed by atoms with van der Waals surface area (Å²) in [6.45, 7) is 0.409. The van der Waals surface area contributed by atoms with Crippen LogP contribution in [0.1, 0.15) is 5.56 Å². The smallest absolute Gasteiger partial charge is 0.149 e. The lowest BCUT2D eigenvalue weighted by Gasteiger charge is -2.09. The molecule has 0 saturated heterocycles. The van der Waals surface area contributed by atoms with Crippen molar-refractivity contribution in [2.75, 3.05) is 23.9 Å². The number of hydrogen-bond donors (Lipinski definition) is 1. The minimum absolute atomic E-state index is 0.129. The highest BCUT2D eigenvalue weighted by Crippen LogP contribution is 2.16. The van der Waals surface area contributed by atoms with Crippen molar-refractivity contribution in [1.82, 2.24) is 0 Å². The number of para-hydroxylation sites is 1. The van der Waals surface area contributed by atoms with Crippen molar-refractivity contribution in [2.45, 2.75) is 5.88 Å². The zero-order chi connectivity index (χ0) is 11.3. The van der Waals surface area contributed by atoms with E-state index in [1.54, 1.807) is 0 Å². The van der Waals surface area contributed by atoms with Crippen LogP contribution in [0.3, 0.4) is 0 Å². The molecule has 0 aromatic heterocycles. The van der Waals surface area contributed by atoms with Crippen molar-refractivity contribution < 1.29 is 8.42 Å². The number of halogens is 1. The van der Waals surface area contributed by atoms with Crippen LogP contribution in [0.5, 0.6) is 0 Å². The Kier molecular flexibility index (Phi) is 4.42. The summed E-state index contributed by atoms with van der Waals surface area (Å²) < 4.78 is 21.8.